The Hall–Kier alpha value is -1.55. The summed E-state index contributed by atoms with van der Waals surface area (Å²) >= 11 is 0. The van der Waals surface area contributed by atoms with Gasteiger partial charge >= 0.3 is 6.09 Å². The third kappa shape index (κ3) is 2.40. The van der Waals surface area contributed by atoms with Gasteiger partial charge in [-0.3, -0.25) is 4.90 Å². The van der Waals surface area contributed by atoms with E-state index >= 15 is 0 Å². The van der Waals surface area contributed by atoms with E-state index in [-0.39, 0.29) is 24.3 Å². The predicted molar refractivity (Wildman–Crippen MR) is 75.4 cm³/mol. The maximum Gasteiger partial charge on any atom is 0.410 e. The molecule has 20 heavy (non-hydrogen) atoms. The molecule has 1 amide bonds. The quantitative estimate of drug-likeness (QED) is 0.790. The van der Waals surface area contributed by atoms with E-state index in [1.165, 1.54) is 0 Å². The average molecular weight is 275 g/mol. The third-order valence-corrected chi connectivity index (χ3v) is 3.78. The minimum atomic E-state index is -0.456. The van der Waals surface area contributed by atoms with Gasteiger partial charge in [0.2, 0.25) is 0 Å². The average Bonchev–Trinajstić information content (AvgIpc) is 2.66. The molecule has 2 heterocycles. The highest BCUT2D eigenvalue weighted by Gasteiger charge is 2.53. The number of rotatable bonds is 1. The maximum atomic E-state index is 12.3. The molecule has 2 saturated heterocycles. The number of fused-ring (bicyclic) bond motifs is 1. The van der Waals surface area contributed by atoms with Gasteiger partial charge in [0.05, 0.1) is 12.1 Å². The normalized spacial score (nSPS) is 28.8. The Labute approximate surface area is 119 Å². The van der Waals surface area contributed by atoms with Crippen molar-refractivity contribution in [3.63, 3.8) is 0 Å². The molecule has 0 radical (unpaired) electrons. The number of carbonyl (C=O) groups is 1. The van der Waals surface area contributed by atoms with Crippen LogP contribution in [-0.2, 0) is 9.47 Å². The maximum absolute atomic E-state index is 12.3. The highest BCUT2D eigenvalue weighted by molar-refractivity contribution is 5.69. The van der Waals surface area contributed by atoms with Crippen LogP contribution in [0.3, 0.4) is 0 Å². The van der Waals surface area contributed by atoms with Gasteiger partial charge in [0.1, 0.15) is 11.7 Å². The molecule has 0 bridgehead atoms. The van der Waals surface area contributed by atoms with Gasteiger partial charge in [0.25, 0.3) is 0 Å². The van der Waals surface area contributed by atoms with Gasteiger partial charge in [-0.05, 0) is 32.8 Å². The van der Waals surface area contributed by atoms with Gasteiger partial charge in [0, 0.05) is 6.54 Å². The van der Waals surface area contributed by atoms with Crippen molar-refractivity contribution in [1.29, 1.82) is 0 Å². The second kappa shape index (κ2) is 4.77. The zero-order valence-electron chi connectivity index (χ0n) is 12.2. The molecule has 3 rings (SSSR count). The lowest BCUT2D eigenvalue weighted by Crippen LogP contribution is -2.54. The Balaban J connectivity index is 1.73. The molecule has 3 atom stereocenters. The fourth-order valence-corrected chi connectivity index (χ4v) is 2.93. The fourth-order valence-electron chi connectivity index (χ4n) is 2.93. The van der Waals surface area contributed by atoms with Gasteiger partial charge in [-0.1, -0.05) is 30.3 Å². The van der Waals surface area contributed by atoms with Crippen LogP contribution in [0.5, 0.6) is 0 Å². The number of hydrogen-bond donors (Lipinski definition) is 0. The SMILES string of the molecule is CC(C)(C)OC(=O)N1CC[C@@H]2O[C@H](c3ccccc3)[C@@H]21. The summed E-state index contributed by atoms with van der Waals surface area (Å²) in [6, 6.07) is 10.2. The van der Waals surface area contributed by atoms with Crippen molar-refractivity contribution >= 4 is 6.09 Å². The molecular formula is C16H21NO3. The molecular weight excluding hydrogens is 254 g/mol. The van der Waals surface area contributed by atoms with Crippen molar-refractivity contribution in [2.45, 2.75) is 51.0 Å². The molecule has 0 N–H and O–H groups in total. The van der Waals surface area contributed by atoms with E-state index in [1.54, 1.807) is 0 Å². The van der Waals surface area contributed by atoms with E-state index in [4.69, 9.17) is 9.47 Å². The van der Waals surface area contributed by atoms with Crippen molar-refractivity contribution in [3.05, 3.63) is 35.9 Å². The molecule has 0 saturated carbocycles. The van der Waals surface area contributed by atoms with Crippen LogP contribution in [0.25, 0.3) is 0 Å². The molecule has 1 aromatic rings. The van der Waals surface area contributed by atoms with Gasteiger partial charge < -0.3 is 9.47 Å². The molecule has 4 nitrogen and oxygen atoms in total. The second-order valence-electron chi connectivity index (χ2n) is 6.46. The number of amides is 1. The lowest BCUT2D eigenvalue weighted by Gasteiger charge is -2.44. The van der Waals surface area contributed by atoms with Crippen LogP contribution in [0.2, 0.25) is 0 Å². The lowest BCUT2D eigenvalue weighted by molar-refractivity contribution is -0.164. The predicted octanol–water partition coefficient (Wildman–Crippen LogP) is 3.14. The summed E-state index contributed by atoms with van der Waals surface area (Å²) in [6.07, 6.45) is 0.811. The Morgan fingerprint density at radius 3 is 2.65 bits per heavy atom. The summed E-state index contributed by atoms with van der Waals surface area (Å²) in [7, 11) is 0. The van der Waals surface area contributed by atoms with E-state index in [0.29, 0.717) is 6.54 Å². The first-order valence-corrected chi connectivity index (χ1v) is 7.16. The highest BCUT2D eigenvalue weighted by atomic mass is 16.6. The van der Waals surface area contributed by atoms with Gasteiger partial charge in [-0.15, -0.1) is 0 Å². The molecule has 4 heteroatoms. The molecule has 0 aliphatic carbocycles. The zero-order chi connectivity index (χ0) is 14.3. The number of nitrogens with zero attached hydrogens (tertiary/aromatic N) is 1. The lowest BCUT2D eigenvalue weighted by atomic mass is 9.92. The highest BCUT2D eigenvalue weighted by Crippen LogP contribution is 2.44. The van der Waals surface area contributed by atoms with Crippen LogP contribution in [0, 0.1) is 0 Å². The summed E-state index contributed by atoms with van der Waals surface area (Å²) in [6.45, 7) is 6.40. The van der Waals surface area contributed by atoms with E-state index in [2.05, 4.69) is 0 Å². The smallest absolute Gasteiger partial charge is 0.410 e. The van der Waals surface area contributed by atoms with Crippen molar-refractivity contribution in [3.8, 4) is 0 Å². The second-order valence-corrected chi connectivity index (χ2v) is 6.46. The summed E-state index contributed by atoms with van der Waals surface area (Å²) in [4.78, 5) is 14.1. The van der Waals surface area contributed by atoms with Crippen molar-refractivity contribution in [1.82, 2.24) is 4.90 Å². The molecule has 108 valence electrons. The van der Waals surface area contributed by atoms with Gasteiger partial charge in [-0.2, -0.15) is 0 Å². The molecule has 1 aromatic carbocycles. The Morgan fingerprint density at radius 1 is 1.30 bits per heavy atom. The number of ether oxygens (including phenoxy) is 2. The Morgan fingerprint density at radius 2 is 2.00 bits per heavy atom. The zero-order valence-corrected chi connectivity index (χ0v) is 12.2. The Bertz CT molecular complexity index is 494. The van der Waals surface area contributed by atoms with Crippen LogP contribution >= 0.6 is 0 Å². The first-order valence-electron chi connectivity index (χ1n) is 7.16. The van der Waals surface area contributed by atoms with Crippen molar-refractivity contribution < 1.29 is 14.3 Å². The molecule has 2 fully saturated rings. The minimum absolute atomic E-state index is 0.0174. The first-order chi connectivity index (χ1) is 9.46. The van der Waals surface area contributed by atoms with Crippen molar-refractivity contribution in [2.75, 3.05) is 6.54 Å². The van der Waals surface area contributed by atoms with E-state index in [1.807, 2.05) is 56.0 Å². The number of benzene rings is 1. The number of likely N-dealkylation sites (tertiary alicyclic amines) is 1. The van der Waals surface area contributed by atoms with Crippen LogP contribution in [0.15, 0.2) is 30.3 Å². The first kappa shape index (κ1) is 13.4. The van der Waals surface area contributed by atoms with Crippen LogP contribution in [0.1, 0.15) is 38.9 Å². The monoisotopic (exact) mass is 275 g/mol. The molecule has 2 aliphatic rings. The topological polar surface area (TPSA) is 38.8 Å². The summed E-state index contributed by atoms with van der Waals surface area (Å²) in [5, 5.41) is 0. The van der Waals surface area contributed by atoms with Gasteiger partial charge in [-0.25, -0.2) is 4.79 Å². The largest absolute Gasteiger partial charge is 0.444 e. The summed E-state index contributed by atoms with van der Waals surface area (Å²) in [5.41, 5.74) is 0.673. The summed E-state index contributed by atoms with van der Waals surface area (Å²) in [5.74, 6) is 0. The van der Waals surface area contributed by atoms with Crippen molar-refractivity contribution in [2.24, 2.45) is 0 Å². The minimum Gasteiger partial charge on any atom is -0.444 e. The number of hydrogen-bond acceptors (Lipinski definition) is 3. The van der Waals surface area contributed by atoms with E-state index < -0.39 is 5.60 Å². The van der Waals surface area contributed by atoms with Crippen LogP contribution in [0.4, 0.5) is 4.79 Å². The Kier molecular flexibility index (Phi) is 3.21. The standard InChI is InChI=1S/C16H21NO3/c1-16(2,3)20-15(18)17-10-9-12-13(17)14(19-12)11-7-5-4-6-8-11/h4-8,12-14H,9-10H2,1-3H3/t12-,13+,14+/m0/s1. The molecule has 0 unspecified atom stereocenters. The van der Waals surface area contributed by atoms with Crippen LogP contribution in [-0.4, -0.2) is 35.3 Å². The molecule has 0 aromatic heterocycles. The molecule has 0 spiro atoms. The third-order valence-electron chi connectivity index (χ3n) is 3.78. The van der Waals surface area contributed by atoms with E-state index in [0.717, 1.165) is 12.0 Å². The summed E-state index contributed by atoms with van der Waals surface area (Å²) < 4.78 is 11.4. The molecule has 2 aliphatic heterocycles. The van der Waals surface area contributed by atoms with E-state index in [9.17, 15) is 4.79 Å². The number of carbonyl (C=O) groups excluding carboxylic acids is 1. The fraction of sp³-hybridized carbons (Fsp3) is 0.562. The van der Waals surface area contributed by atoms with Gasteiger partial charge in [0.15, 0.2) is 0 Å². The van der Waals surface area contributed by atoms with Crippen LogP contribution < -0.4 is 0 Å².